The van der Waals surface area contributed by atoms with E-state index in [9.17, 15) is 13.7 Å². The minimum atomic E-state index is -3.52. The molecule has 0 aliphatic carbocycles. The second kappa shape index (κ2) is 6.82. The van der Waals surface area contributed by atoms with Crippen LogP contribution in [0.5, 0.6) is 0 Å². The fourth-order valence-electron chi connectivity index (χ4n) is 3.00. The van der Waals surface area contributed by atoms with Crippen LogP contribution in [0.4, 0.5) is 5.82 Å². The summed E-state index contributed by atoms with van der Waals surface area (Å²) in [6.45, 7) is 5.47. The van der Waals surface area contributed by atoms with Crippen molar-refractivity contribution in [1.29, 1.82) is 5.26 Å². The number of nitrogens with zero attached hydrogens (tertiary/aromatic N) is 4. The van der Waals surface area contributed by atoms with Crippen LogP contribution in [0.25, 0.3) is 0 Å². The molecule has 0 saturated carbocycles. The van der Waals surface area contributed by atoms with E-state index in [1.807, 2.05) is 30.9 Å². The lowest BCUT2D eigenvalue weighted by molar-refractivity contribution is 0.383. The third-order valence-corrected chi connectivity index (χ3v) is 6.45. The summed E-state index contributed by atoms with van der Waals surface area (Å²) in [4.78, 5) is 6.62. The second-order valence-corrected chi connectivity index (χ2v) is 8.05. The smallest absolute Gasteiger partial charge is 0.243 e. The van der Waals surface area contributed by atoms with E-state index >= 15 is 0 Å². The number of hydrogen-bond acceptors (Lipinski definition) is 5. The summed E-state index contributed by atoms with van der Waals surface area (Å²) in [7, 11) is -3.52. The lowest BCUT2D eigenvalue weighted by Crippen LogP contribution is -2.49. The Balaban J connectivity index is 1.80. The van der Waals surface area contributed by atoms with E-state index in [1.165, 1.54) is 4.31 Å². The lowest BCUT2D eigenvalue weighted by atomic mass is 10.2. The average Bonchev–Trinajstić information content (AvgIpc) is 2.63. The molecule has 0 bridgehead atoms. The van der Waals surface area contributed by atoms with Crippen molar-refractivity contribution in [3.8, 4) is 6.07 Å². The van der Waals surface area contributed by atoms with Crippen molar-refractivity contribution < 1.29 is 8.42 Å². The highest BCUT2D eigenvalue weighted by Gasteiger charge is 2.30. The third-order valence-electron chi connectivity index (χ3n) is 4.41. The first-order chi connectivity index (χ1) is 11.9. The maximum atomic E-state index is 13.0. The lowest BCUT2D eigenvalue weighted by Gasteiger charge is -2.35. The number of aryl methyl sites for hydroxylation is 2. The summed E-state index contributed by atoms with van der Waals surface area (Å²) in [5.41, 5.74) is 2.19. The Morgan fingerprint density at radius 2 is 1.84 bits per heavy atom. The van der Waals surface area contributed by atoms with Gasteiger partial charge in [-0.15, -0.1) is 0 Å². The fraction of sp³-hybridized carbons (Fsp3) is 0.333. The van der Waals surface area contributed by atoms with Crippen LogP contribution >= 0.6 is 0 Å². The molecule has 2 aromatic rings. The molecule has 25 heavy (non-hydrogen) atoms. The summed E-state index contributed by atoms with van der Waals surface area (Å²) >= 11 is 0. The molecule has 0 amide bonds. The Hall–Kier alpha value is -2.43. The molecule has 6 nitrogen and oxygen atoms in total. The molecule has 130 valence electrons. The van der Waals surface area contributed by atoms with E-state index in [4.69, 9.17) is 0 Å². The van der Waals surface area contributed by atoms with Crippen LogP contribution in [0.3, 0.4) is 0 Å². The van der Waals surface area contributed by atoms with Crippen LogP contribution < -0.4 is 4.90 Å². The number of piperazine rings is 1. The van der Waals surface area contributed by atoms with Gasteiger partial charge in [0.1, 0.15) is 11.9 Å². The van der Waals surface area contributed by atoms with Gasteiger partial charge in [-0.25, -0.2) is 13.4 Å². The van der Waals surface area contributed by atoms with Crippen molar-refractivity contribution in [2.45, 2.75) is 18.7 Å². The van der Waals surface area contributed by atoms with Crippen LogP contribution in [0.2, 0.25) is 0 Å². The largest absolute Gasteiger partial charge is 0.353 e. The zero-order valence-corrected chi connectivity index (χ0v) is 15.1. The minimum absolute atomic E-state index is 0.372. The number of nitriles is 1. The van der Waals surface area contributed by atoms with E-state index in [-0.39, 0.29) is 0 Å². The maximum Gasteiger partial charge on any atom is 0.243 e. The van der Waals surface area contributed by atoms with Gasteiger partial charge < -0.3 is 4.90 Å². The van der Waals surface area contributed by atoms with E-state index < -0.39 is 10.0 Å². The zero-order valence-electron chi connectivity index (χ0n) is 14.3. The predicted octanol–water partition coefficient (Wildman–Crippen LogP) is 2.08. The van der Waals surface area contributed by atoms with Crippen molar-refractivity contribution in [3.63, 3.8) is 0 Å². The summed E-state index contributed by atoms with van der Waals surface area (Å²) in [6.07, 6.45) is 1.65. The second-order valence-electron chi connectivity index (χ2n) is 6.15. The molecule has 0 unspecified atom stereocenters. The Morgan fingerprint density at radius 1 is 1.12 bits per heavy atom. The van der Waals surface area contributed by atoms with Gasteiger partial charge >= 0.3 is 0 Å². The van der Waals surface area contributed by atoms with Gasteiger partial charge in [-0.2, -0.15) is 9.57 Å². The normalized spacial score (nSPS) is 15.8. The number of aromatic nitrogens is 1. The van der Waals surface area contributed by atoms with E-state index in [0.29, 0.717) is 42.5 Å². The molecule has 3 rings (SSSR count). The number of pyridine rings is 1. The number of sulfonamides is 1. The van der Waals surface area contributed by atoms with Crippen molar-refractivity contribution in [3.05, 3.63) is 53.2 Å². The van der Waals surface area contributed by atoms with Crippen molar-refractivity contribution in [2.75, 3.05) is 31.1 Å². The molecule has 7 heteroatoms. The van der Waals surface area contributed by atoms with Gasteiger partial charge in [0.25, 0.3) is 0 Å². The average molecular weight is 356 g/mol. The molecular weight excluding hydrogens is 336 g/mol. The molecule has 1 fully saturated rings. The van der Waals surface area contributed by atoms with E-state index in [0.717, 1.165) is 11.1 Å². The molecule has 1 saturated heterocycles. The highest BCUT2D eigenvalue weighted by Crippen LogP contribution is 2.24. The quantitative estimate of drug-likeness (QED) is 0.841. The first kappa shape index (κ1) is 17.4. The van der Waals surface area contributed by atoms with Gasteiger partial charge in [0.05, 0.1) is 10.5 Å². The molecule has 0 atom stereocenters. The predicted molar refractivity (Wildman–Crippen MR) is 95.8 cm³/mol. The van der Waals surface area contributed by atoms with Crippen LogP contribution in [0, 0.1) is 25.2 Å². The Bertz CT molecular complexity index is 926. The first-order valence-electron chi connectivity index (χ1n) is 8.11. The summed E-state index contributed by atoms with van der Waals surface area (Å²) in [5.74, 6) is 0.619. The molecule has 0 spiro atoms. The molecule has 1 aliphatic heterocycles. The van der Waals surface area contributed by atoms with Gasteiger partial charge in [-0.1, -0.05) is 12.1 Å². The summed E-state index contributed by atoms with van der Waals surface area (Å²) in [6, 6.07) is 11.1. The highest BCUT2D eigenvalue weighted by molar-refractivity contribution is 7.89. The number of anilines is 1. The van der Waals surface area contributed by atoms with E-state index in [2.05, 4.69) is 11.1 Å². The number of rotatable bonds is 3. The molecule has 1 aromatic heterocycles. The molecule has 1 aliphatic rings. The number of benzene rings is 1. The summed E-state index contributed by atoms with van der Waals surface area (Å²) in [5, 5.41) is 9.21. The van der Waals surface area contributed by atoms with Crippen LogP contribution in [0.15, 0.2) is 41.4 Å². The third kappa shape index (κ3) is 3.36. The Labute approximate surface area is 148 Å². The van der Waals surface area contributed by atoms with Gasteiger partial charge in [-0.3, -0.25) is 0 Å². The highest BCUT2D eigenvalue weighted by atomic mass is 32.2. The van der Waals surface area contributed by atoms with Gasteiger partial charge in [0, 0.05) is 32.4 Å². The van der Waals surface area contributed by atoms with Gasteiger partial charge in [0.2, 0.25) is 10.0 Å². The Kier molecular flexibility index (Phi) is 4.75. The Morgan fingerprint density at radius 3 is 2.52 bits per heavy atom. The molecule has 1 aromatic carbocycles. The summed E-state index contributed by atoms with van der Waals surface area (Å²) < 4.78 is 27.4. The van der Waals surface area contributed by atoms with Crippen LogP contribution in [0.1, 0.15) is 16.7 Å². The van der Waals surface area contributed by atoms with Crippen LogP contribution in [-0.2, 0) is 10.0 Å². The van der Waals surface area contributed by atoms with Crippen molar-refractivity contribution in [2.24, 2.45) is 0 Å². The zero-order chi connectivity index (χ0) is 18.0. The molecule has 0 radical (unpaired) electrons. The topological polar surface area (TPSA) is 77.3 Å². The first-order valence-corrected chi connectivity index (χ1v) is 9.55. The van der Waals surface area contributed by atoms with E-state index in [1.54, 1.807) is 24.4 Å². The standard InChI is InChI=1S/C18H20N4O2S/c1-14-5-6-15(2)17(12-14)25(23,24)22-10-8-21(9-11-22)18-16(13-19)4-3-7-20-18/h3-7,12H,8-11H2,1-2H3. The maximum absolute atomic E-state index is 13.0. The molecule has 0 N–H and O–H groups in total. The number of hydrogen-bond donors (Lipinski definition) is 0. The SMILES string of the molecule is Cc1ccc(C)c(S(=O)(=O)N2CCN(c3ncccc3C#N)CC2)c1. The van der Waals surface area contributed by atoms with Crippen LogP contribution in [-0.4, -0.2) is 43.9 Å². The van der Waals surface area contributed by atoms with Gasteiger partial charge in [-0.05, 0) is 43.2 Å². The molecular formula is C18H20N4O2S. The monoisotopic (exact) mass is 356 g/mol. The van der Waals surface area contributed by atoms with Gasteiger partial charge in [0.15, 0.2) is 0 Å². The van der Waals surface area contributed by atoms with Crippen molar-refractivity contribution in [1.82, 2.24) is 9.29 Å². The van der Waals surface area contributed by atoms with Crippen molar-refractivity contribution >= 4 is 15.8 Å². The fourth-order valence-corrected chi connectivity index (χ4v) is 4.73. The molecule has 2 heterocycles. The minimum Gasteiger partial charge on any atom is -0.353 e.